The molecule has 2 aliphatic heterocycles. The molecule has 0 amide bonds. The van der Waals surface area contributed by atoms with Crippen LogP contribution >= 0.6 is 11.3 Å². The van der Waals surface area contributed by atoms with Gasteiger partial charge in [0.2, 0.25) is 5.88 Å². The summed E-state index contributed by atoms with van der Waals surface area (Å²) in [7, 11) is 0. The molecule has 77 heavy (non-hydrogen) atoms. The molecule has 0 atom stereocenters. The number of furan rings is 1. The summed E-state index contributed by atoms with van der Waals surface area (Å²) in [6.07, 6.45) is 2.28. The third-order valence-corrected chi connectivity index (χ3v) is 18.8. The molecule has 10 aromatic rings. The number of anilines is 8. The molecule has 0 saturated heterocycles. The molecule has 386 valence electrons. The fraction of sp³-hybridized carbons (Fsp3) is 0.296. The van der Waals surface area contributed by atoms with E-state index in [0.717, 1.165) is 63.8 Å². The lowest BCUT2D eigenvalue weighted by Gasteiger charge is -2.46. The van der Waals surface area contributed by atoms with Gasteiger partial charge in [0.05, 0.1) is 5.69 Å². The van der Waals surface area contributed by atoms with E-state index in [1.807, 2.05) is 11.3 Å². The van der Waals surface area contributed by atoms with Crippen molar-refractivity contribution in [1.82, 2.24) is 0 Å². The van der Waals surface area contributed by atoms with Crippen molar-refractivity contribution in [3.8, 4) is 11.1 Å². The Balaban J connectivity index is 1.18. The van der Waals surface area contributed by atoms with Gasteiger partial charge in [0.1, 0.15) is 5.58 Å². The Morgan fingerprint density at radius 1 is 0.494 bits per heavy atom. The fourth-order valence-corrected chi connectivity index (χ4v) is 14.1. The highest BCUT2D eigenvalue weighted by Gasteiger charge is 2.49. The first-order valence-electron chi connectivity index (χ1n) is 28.0. The standard InChI is InChI=1S/C71H72BN3OS/c1-43-37-56-57(71(13,14)36-35-70(56,11)12)41-58(43)74-60-39-50(73(47-29-23-44(24-30-47)67(2,3)4)48-31-25-45(26-32-48)68(5,6)7)38-55-53-40-54-51-19-16-18-22-62(51)77-63(54)42-59(53)75(49-33-27-46(28-34-49)69(8,9)10)72(64(55)60)65-52-20-15-17-21-61(52)76-66(65)74/h15-34,37-42H,35-36H2,1-14H3. The minimum absolute atomic E-state index is 0.000461. The highest BCUT2D eigenvalue weighted by molar-refractivity contribution is 7.25. The number of rotatable bonds is 5. The number of fused-ring (bicyclic) bond motifs is 10. The molecule has 1 aliphatic carbocycles. The van der Waals surface area contributed by atoms with Gasteiger partial charge in [-0.3, -0.25) is 4.90 Å². The molecule has 0 bridgehead atoms. The van der Waals surface area contributed by atoms with Crippen LogP contribution in [0.1, 0.15) is 136 Å². The van der Waals surface area contributed by atoms with Gasteiger partial charge >= 0.3 is 6.85 Å². The zero-order valence-corrected chi connectivity index (χ0v) is 48.5. The van der Waals surface area contributed by atoms with Crippen molar-refractivity contribution in [3.63, 3.8) is 0 Å². The highest BCUT2D eigenvalue weighted by atomic mass is 32.1. The minimum Gasteiger partial charge on any atom is -0.440 e. The zero-order chi connectivity index (χ0) is 53.9. The van der Waals surface area contributed by atoms with Gasteiger partial charge in [0.15, 0.2) is 0 Å². The molecule has 2 aromatic heterocycles. The Morgan fingerprint density at radius 2 is 1.04 bits per heavy atom. The van der Waals surface area contributed by atoms with Crippen molar-refractivity contribution in [1.29, 1.82) is 0 Å². The Kier molecular flexibility index (Phi) is 10.9. The summed E-state index contributed by atoms with van der Waals surface area (Å²) in [6.45, 7) is 32.6. The van der Waals surface area contributed by atoms with Gasteiger partial charge in [-0.1, -0.05) is 169 Å². The normalized spacial score (nSPS) is 15.7. The van der Waals surface area contributed by atoms with Crippen LogP contribution in [0.5, 0.6) is 0 Å². The molecular weight excluding hydrogens is 954 g/mol. The lowest BCUT2D eigenvalue weighted by atomic mass is 9.43. The Hall–Kier alpha value is -7.02. The SMILES string of the molecule is Cc1cc2c(cc1N1c3cc(N(c4ccc(C(C)(C)C)cc4)c4ccc(C(C)(C)C)cc4)cc4c3B(c3c1oc1ccccc31)N(c1ccc(C(C)(C)C)cc1)c1cc3sc5ccccc5c3cc1-4)C(C)(C)CCC2(C)C. The van der Waals surface area contributed by atoms with Crippen LogP contribution in [0.15, 0.2) is 162 Å². The number of thiophene rings is 1. The van der Waals surface area contributed by atoms with Gasteiger partial charge in [-0.2, -0.15) is 0 Å². The van der Waals surface area contributed by atoms with Crippen molar-refractivity contribution in [2.24, 2.45) is 0 Å². The van der Waals surface area contributed by atoms with Crippen molar-refractivity contribution in [2.45, 2.75) is 137 Å². The Morgan fingerprint density at radius 3 is 1.64 bits per heavy atom. The Bertz CT molecular complexity index is 3950. The van der Waals surface area contributed by atoms with Crippen LogP contribution in [-0.2, 0) is 27.1 Å². The number of aryl methyl sites for hydroxylation is 1. The van der Waals surface area contributed by atoms with Crippen molar-refractivity contribution >= 4 is 106 Å². The second-order valence-corrected chi connectivity index (χ2v) is 28.1. The molecule has 4 heterocycles. The summed E-state index contributed by atoms with van der Waals surface area (Å²) in [5.41, 5.74) is 21.9. The quantitative estimate of drug-likeness (QED) is 0.160. The van der Waals surface area contributed by atoms with E-state index in [1.165, 1.54) is 81.3 Å². The van der Waals surface area contributed by atoms with E-state index < -0.39 is 0 Å². The average molecular weight is 1030 g/mol. The first-order chi connectivity index (χ1) is 36.5. The molecule has 4 nitrogen and oxygen atoms in total. The highest BCUT2D eigenvalue weighted by Crippen LogP contribution is 2.55. The summed E-state index contributed by atoms with van der Waals surface area (Å²) in [5, 5.41) is 3.72. The van der Waals surface area contributed by atoms with Crippen molar-refractivity contribution < 1.29 is 4.42 Å². The molecule has 0 spiro atoms. The second-order valence-electron chi connectivity index (χ2n) is 27.0. The van der Waals surface area contributed by atoms with Crippen LogP contribution in [-0.4, -0.2) is 6.85 Å². The maximum Gasteiger partial charge on any atom is 0.337 e. The summed E-state index contributed by atoms with van der Waals surface area (Å²) in [4.78, 5) is 7.70. The maximum absolute atomic E-state index is 7.50. The maximum atomic E-state index is 7.50. The molecule has 0 unspecified atom stereocenters. The second kappa shape index (κ2) is 17.0. The predicted molar refractivity (Wildman–Crippen MR) is 334 cm³/mol. The van der Waals surface area contributed by atoms with E-state index in [4.69, 9.17) is 4.42 Å². The number of nitrogens with zero attached hydrogens (tertiary/aromatic N) is 3. The van der Waals surface area contributed by atoms with Crippen molar-refractivity contribution in [2.75, 3.05) is 14.6 Å². The molecule has 0 saturated carbocycles. The third kappa shape index (κ3) is 7.90. The lowest BCUT2D eigenvalue weighted by molar-refractivity contribution is 0.332. The monoisotopic (exact) mass is 1030 g/mol. The van der Waals surface area contributed by atoms with Gasteiger partial charge in [-0.25, -0.2) is 0 Å². The Labute approximate surface area is 461 Å². The summed E-state index contributed by atoms with van der Waals surface area (Å²) >= 11 is 1.89. The number of benzene rings is 8. The van der Waals surface area contributed by atoms with E-state index in [2.05, 4.69) is 269 Å². The molecular formula is C71H72BN3OS. The average Bonchev–Trinajstić information content (AvgIpc) is 4.14. The largest absolute Gasteiger partial charge is 0.440 e. The predicted octanol–water partition coefficient (Wildman–Crippen LogP) is 19.5. The van der Waals surface area contributed by atoms with Crippen LogP contribution in [0.2, 0.25) is 0 Å². The van der Waals surface area contributed by atoms with E-state index in [9.17, 15) is 0 Å². The van der Waals surface area contributed by atoms with Gasteiger partial charge in [-0.05, 0) is 170 Å². The smallest absolute Gasteiger partial charge is 0.337 e. The third-order valence-electron chi connectivity index (χ3n) is 17.7. The van der Waals surface area contributed by atoms with Gasteiger partial charge in [-0.15, -0.1) is 11.3 Å². The molecule has 6 heteroatoms. The van der Waals surface area contributed by atoms with Crippen LogP contribution in [0.25, 0.3) is 42.3 Å². The number of hydrogen-bond donors (Lipinski definition) is 0. The van der Waals surface area contributed by atoms with E-state index in [1.54, 1.807) is 0 Å². The van der Waals surface area contributed by atoms with E-state index >= 15 is 0 Å². The molecule has 0 N–H and O–H groups in total. The fourth-order valence-electron chi connectivity index (χ4n) is 13.0. The first-order valence-corrected chi connectivity index (χ1v) is 28.8. The summed E-state index contributed by atoms with van der Waals surface area (Å²) < 4.78 is 10.1. The zero-order valence-electron chi connectivity index (χ0n) is 47.7. The van der Waals surface area contributed by atoms with E-state index in [0.29, 0.717) is 0 Å². The molecule has 3 aliphatic rings. The first kappa shape index (κ1) is 49.6. The minimum atomic E-state index is -0.234. The number of para-hydroxylation sites is 1. The van der Waals surface area contributed by atoms with Crippen LogP contribution in [0.4, 0.5) is 45.7 Å². The molecule has 0 radical (unpaired) electrons. The van der Waals surface area contributed by atoms with Gasteiger partial charge in [0, 0.05) is 70.7 Å². The topological polar surface area (TPSA) is 22.9 Å². The summed E-state index contributed by atoms with van der Waals surface area (Å²) in [5.74, 6) is 0.876. The van der Waals surface area contributed by atoms with Gasteiger partial charge < -0.3 is 14.1 Å². The molecule has 13 rings (SSSR count). The van der Waals surface area contributed by atoms with E-state index in [-0.39, 0.29) is 33.9 Å². The van der Waals surface area contributed by atoms with Crippen molar-refractivity contribution in [3.05, 3.63) is 191 Å². The van der Waals surface area contributed by atoms with Crippen LogP contribution in [0, 0.1) is 6.92 Å². The molecule has 0 fully saturated rings. The lowest BCUT2D eigenvalue weighted by Crippen LogP contribution is -2.61. The molecule has 8 aromatic carbocycles. The van der Waals surface area contributed by atoms with Crippen LogP contribution < -0.4 is 25.5 Å². The van der Waals surface area contributed by atoms with Gasteiger partial charge in [0.25, 0.3) is 0 Å². The van der Waals surface area contributed by atoms with Crippen LogP contribution in [0.3, 0.4) is 0 Å². The summed E-state index contributed by atoms with van der Waals surface area (Å²) in [6, 6.07) is 60.9. The number of hydrogen-bond acceptors (Lipinski definition) is 5.